The van der Waals surface area contributed by atoms with E-state index >= 15 is 0 Å². The molecule has 108 valence electrons. The van der Waals surface area contributed by atoms with E-state index in [1.807, 2.05) is 13.0 Å². The van der Waals surface area contributed by atoms with Crippen molar-refractivity contribution in [2.75, 3.05) is 31.7 Å². The molecule has 19 heavy (non-hydrogen) atoms. The van der Waals surface area contributed by atoms with Gasteiger partial charge in [0.05, 0.1) is 6.61 Å². The van der Waals surface area contributed by atoms with Crippen LogP contribution in [-0.2, 0) is 4.74 Å². The number of nitrogens with one attached hydrogen (secondary N) is 1. The summed E-state index contributed by atoms with van der Waals surface area (Å²) in [4.78, 5) is 8.61. The molecule has 0 unspecified atom stereocenters. The fourth-order valence-corrected chi connectivity index (χ4v) is 1.48. The number of hydrogen-bond donors (Lipinski definition) is 1. The molecule has 0 atom stereocenters. The zero-order valence-electron chi connectivity index (χ0n) is 12.2. The maximum atomic E-state index is 5.57. The highest BCUT2D eigenvalue weighted by Gasteiger charge is 2.02. The van der Waals surface area contributed by atoms with Gasteiger partial charge in [0, 0.05) is 24.9 Å². The van der Waals surface area contributed by atoms with Crippen molar-refractivity contribution in [3.05, 3.63) is 11.8 Å². The Morgan fingerprint density at radius 3 is 2.68 bits per heavy atom. The van der Waals surface area contributed by atoms with Crippen LogP contribution in [0.1, 0.15) is 38.8 Å². The second-order valence-corrected chi connectivity index (χ2v) is 4.41. The van der Waals surface area contributed by atoms with Gasteiger partial charge in [-0.05, 0) is 19.8 Å². The molecule has 0 radical (unpaired) electrons. The van der Waals surface area contributed by atoms with E-state index in [-0.39, 0.29) is 0 Å². The lowest BCUT2D eigenvalue weighted by molar-refractivity contribution is 0.0965. The van der Waals surface area contributed by atoms with Gasteiger partial charge in [-0.2, -0.15) is 4.98 Å². The molecule has 0 saturated heterocycles. The van der Waals surface area contributed by atoms with Crippen molar-refractivity contribution in [1.82, 2.24) is 9.97 Å². The Morgan fingerprint density at radius 1 is 1.11 bits per heavy atom. The summed E-state index contributed by atoms with van der Waals surface area (Å²) < 4.78 is 11.0. The smallest absolute Gasteiger partial charge is 0.226 e. The van der Waals surface area contributed by atoms with E-state index in [0.29, 0.717) is 25.0 Å². The zero-order valence-corrected chi connectivity index (χ0v) is 12.2. The quantitative estimate of drug-likeness (QED) is 0.661. The molecule has 1 rings (SSSR count). The topological polar surface area (TPSA) is 56.3 Å². The first-order valence-corrected chi connectivity index (χ1v) is 7.06. The predicted octanol–water partition coefficient (Wildman–Crippen LogP) is 2.80. The van der Waals surface area contributed by atoms with Gasteiger partial charge in [0.25, 0.3) is 0 Å². The second kappa shape index (κ2) is 9.55. The normalized spacial score (nSPS) is 10.5. The Kier molecular flexibility index (Phi) is 7.89. The highest BCUT2D eigenvalue weighted by atomic mass is 16.5. The molecule has 1 aromatic heterocycles. The maximum absolute atomic E-state index is 5.57. The van der Waals surface area contributed by atoms with Crippen LogP contribution in [0.2, 0.25) is 0 Å². The van der Waals surface area contributed by atoms with Crippen LogP contribution in [0.3, 0.4) is 0 Å². The number of rotatable bonds is 10. The van der Waals surface area contributed by atoms with Gasteiger partial charge in [-0.1, -0.05) is 20.3 Å². The molecule has 0 aliphatic heterocycles. The van der Waals surface area contributed by atoms with Crippen LogP contribution in [0, 0.1) is 6.92 Å². The largest absolute Gasteiger partial charge is 0.475 e. The van der Waals surface area contributed by atoms with Crippen LogP contribution in [0.4, 0.5) is 5.95 Å². The van der Waals surface area contributed by atoms with Gasteiger partial charge in [0.1, 0.15) is 6.61 Å². The fraction of sp³-hybridized carbons (Fsp3) is 0.714. The van der Waals surface area contributed by atoms with Gasteiger partial charge < -0.3 is 14.8 Å². The molecule has 1 N–H and O–H groups in total. The molecule has 0 aliphatic rings. The molecule has 0 spiro atoms. The van der Waals surface area contributed by atoms with Crippen molar-refractivity contribution in [3.63, 3.8) is 0 Å². The molecule has 0 saturated carbocycles. The first-order chi connectivity index (χ1) is 9.26. The van der Waals surface area contributed by atoms with Gasteiger partial charge in [-0.3, -0.25) is 0 Å². The van der Waals surface area contributed by atoms with Gasteiger partial charge in [0.15, 0.2) is 0 Å². The number of aryl methyl sites for hydroxylation is 1. The van der Waals surface area contributed by atoms with Crippen molar-refractivity contribution in [2.45, 2.75) is 40.0 Å². The van der Waals surface area contributed by atoms with E-state index in [1.165, 1.54) is 0 Å². The summed E-state index contributed by atoms with van der Waals surface area (Å²) in [5.41, 5.74) is 0.899. The lowest BCUT2D eigenvalue weighted by Gasteiger charge is -2.09. The average Bonchev–Trinajstić information content (AvgIpc) is 2.40. The Labute approximate surface area is 115 Å². The van der Waals surface area contributed by atoms with Gasteiger partial charge in [0.2, 0.25) is 11.8 Å². The van der Waals surface area contributed by atoms with Crippen molar-refractivity contribution >= 4 is 5.95 Å². The number of unbranched alkanes of at least 4 members (excludes halogenated alkanes) is 1. The summed E-state index contributed by atoms with van der Waals surface area (Å²) in [6, 6.07) is 1.84. The molecule has 0 amide bonds. The Hall–Kier alpha value is -1.36. The third-order valence-corrected chi connectivity index (χ3v) is 2.48. The Bertz CT molecular complexity index is 359. The minimum atomic E-state index is 0.521. The van der Waals surface area contributed by atoms with Crippen molar-refractivity contribution in [1.29, 1.82) is 0 Å². The minimum absolute atomic E-state index is 0.521. The number of hydrogen-bond acceptors (Lipinski definition) is 5. The highest BCUT2D eigenvalue weighted by Crippen LogP contribution is 2.11. The Balaban J connectivity index is 2.34. The summed E-state index contributed by atoms with van der Waals surface area (Å²) in [5, 5.41) is 3.16. The van der Waals surface area contributed by atoms with E-state index in [2.05, 4.69) is 29.1 Å². The average molecular weight is 267 g/mol. The zero-order chi connectivity index (χ0) is 13.9. The van der Waals surface area contributed by atoms with E-state index in [4.69, 9.17) is 9.47 Å². The maximum Gasteiger partial charge on any atom is 0.226 e. The number of aromatic nitrogens is 2. The standard InChI is InChI=1S/C14H25N3O2/c1-4-6-8-18-9-10-19-13-11-12(3)16-14(17-13)15-7-5-2/h11H,4-10H2,1-3H3,(H,15,16,17). The summed E-state index contributed by atoms with van der Waals surface area (Å²) >= 11 is 0. The van der Waals surface area contributed by atoms with Crippen molar-refractivity contribution in [3.8, 4) is 5.88 Å². The summed E-state index contributed by atoms with van der Waals surface area (Å²) in [6.45, 7) is 8.97. The molecule has 5 heteroatoms. The van der Waals surface area contributed by atoms with Crippen LogP contribution in [0.15, 0.2) is 6.07 Å². The predicted molar refractivity (Wildman–Crippen MR) is 76.8 cm³/mol. The third-order valence-electron chi connectivity index (χ3n) is 2.48. The van der Waals surface area contributed by atoms with Crippen molar-refractivity contribution in [2.24, 2.45) is 0 Å². The molecule has 5 nitrogen and oxygen atoms in total. The molecule has 0 aliphatic carbocycles. The van der Waals surface area contributed by atoms with Crippen LogP contribution < -0.4 is 10.1 Å². The summed E-state index contributed by atoms with van der Waals surface area (Å²) in [5.74, 6) is 1.23. The van der Waals surface area contributed by atoms with Crippen LogP contribution in [-0.4, -0.2) is 36.3 Å². The first-order valence-electron chi connectivity index (χ1n) is 7.06. The molecule has 0 bridgehead atoms. The number of ether oxygens (including phenoxy) is 2. The van der Waals surface area contributed by atoms with Crippen LogP contribution in [0.5, 0.6) is 5.88 Å². The van der Waals surface area contributed by atoms with Gasteiger partial charge in [-0.25, -0.2) is 4.98 Å². The minimum Gasteiger partial charge on any atom is -0.475 e. The Morgan fingerprint density at radius 2 is 1.95 bits per heavy atom. The highest BCUT2D eigenvalue weighted by molar-refractivity contribution is 5.30. The van der Waals surface area contributed by atoms with E-state index in [1.54, 1.807) is 0 Å². The number of nitrogens with zero attached hydrogens (tertiary/aromatic N) is 2. The molecular formula is C14H25N3O2. The van der Waals surface area contributed by atoms with Crippen LogP contribution >= 0.6 is 0 Å². The van der Waals surface area contributed by atoms with E-state index in [0.717, 1.165) is 38.1 Å². The van der Waals surface area contributed by atoms with Crippen LogP contribution in [0.25, 0.3) is 0 Å². The fourth-order valence-electron chi connectivity index (χ4n) is 1.48. The molecule has 1 aromatic rings. The van der Waals surface area contributed by atoms with E-state index in [9.17, 15) is 0 Å². The molecular weight excluding hydrogens is 242 g/mol. The molecule has 0 fully saturated rings. The molecule has 0 aromatic carbocycles. The SMILES string of the molecule is CCCCOCCOc1cc(C)nc(NCCC)n1. The second-order valence-electron chi connectivity index (χ2n) is 4.41. The van der Waals surface area contributed by atoms with E-state index < -0.39 is 0 Å². The third kappa shape index (κ3) is 6.96. The first kappa shape index (κ1) is 15.7. The monoisotopic (exact) mass is 267 g/mol. The summed E-state index contributed by atoms with van der Waals surface area (Å²) in [7, 11) is 0. The lowest BCUT2D eigenvalue weighted by Crippen LogP contribution is -2.10. The van der Waals surface area contributed by atoms with Crippen molar-refractivity contribution < 1.29 is 9.47 Å². The van der Waals surface area contributed by atoms with Gasteiger partial charge >= 0.3 is 0 Å². The lowest BCUT2D eigenvalue weighted by atomic mass is 10.4. The molecule has 1 heterocycles. The van der Waals surface area contributed by atoms with Gasteiger partial charge in [-0.15, -0.1) is 0 Å². The summed E-state index contributed by atoms with van der Waals surface area (Å²) in [6.07, 6.45) is 3.29. The number of anilines is 1.